The molecule has 0 saturated heterocycles. The van der Waals surface area contributed by atoms with Crippen molar-refractivity contribution < 1.29 is 9.47 Å². The van der Waals surface area contributed by atoms with Gasteiger partial charge in [-0.05, 0) is 32.0 Å². The molecule has 3 nitrogen and oxygen atoms in total. The zero-order chi connectivity index (χ0) is 11.8. The lowest BCUT2D eigenvalue weighted by molar-refractivity contribution is 0.0949. The van der Waals surface area contributed by atoms with Crippen LogP contribution in [-0.2, 0) is 9.47 Å². The summed E-state index contributed by atoms with van der Waals surface area (Å²) < 4.78 is 10.8. The van der Waals surface area contributed by atoms with Crippen LogP contribution in [0, 0.1) is 11.3 Å². The fourth-order valence-electron chi connectivity index (χ4n) is 2.89. The molecule has 0 aliphatic heterocycles. The van der Waals surface area contributed by atoms with Gasteiger partial charge in [0, 0.05) is 11.8 Å². The average Bonchev–Trinajstić information content (AvgIpc) is 2.29. The van der Waals surface area contributed by atoms with Gasteiger partial charge in [-0.3, -0.25) is 0 Å². The summed E-state index contributed by atoms with van der Waals surface area (Å²) in [7, 11) is 5.45. The molecule has 0 amide bonds. The van der Waals surface area contributed by atoms with Gasteiger partial charge in [0.05, 0.1) is 14.2 Å². The molecule has 1 unspecified atom stereocenters. The van der Waals surface area contributed by atoms with Crippen molar-refractivity contribution in [1.29, 1.82) is 0 Å². The van der Waals surface area contributed by atoms with Crippen molar-refractivity contribution in [3.05, 3.63) is 23.2 Å². The van der Waals surface area contributed by atoms with Crippen molar-refractivity contribution in [3.63, 3.8) is 0 Å². The molecular weight excluding hydrogens is 202 g/mol. The number of fused-ring (bicyclic) bond motifs is 1. The van der Waals surface area contributed by atoms with E-state index in [-0.39, 0.29) is 5.41 Å². The van der Waals surface area contributed by atoms with E-state index in [1.165, 1.54) is 12.0 Å². The van der Waals surface area contributed by atoms with Gasteiger partial charge >= 0.3 is 0 Å². The second-order valence-corrected chi connectivity index (χ2v) is 4.92. The zero-order valence-electron chi connectivity index (χ0n) is 10.6. The normalized spacial score (nSPS) is 32.8. The summed E-state index contributed by atoms with van der Waals surface area (Å²) in [4.78, 5) is 0. The first-order valence-corrected chi connectivity index (χ1v) is 5.82. The van der Waals surface area contributed by atoms with E-state index in [9.17, 15) is 0 Å². The molecule has 0 heterocycles. The van der Waals surface area contributed by atoms with E-state index >= 15 is 0 Å². The number of ether oxygens (including phenoxy) is 2. The molecule has 0 aromatic heterocycles. The van der Waals surface area contributed by atoms with Crippen molar-refractivity contribution in [2.24, 2.45) is 11.3 Å². The Kier molecular flexibility index (Phi) is 2.98. The second kappa shape index (κ2) is 4.13. The fourth-order valence-corrected chi connectivity index (χ4v) is 2.89. The van der Waals surface area contributed by atoms with Gasteiger partial charge in [0.15, 0.2) is 5.76 Å². The molecule has 3 heteroatoms. The summed E-state index contributed by atoms with van der Waals surface area (Å²) >= 11 is 0. The van der Waals surface area contributed by atoms with Gasteiger partial charge in [0.1, 0.15) is 5.76 Å². The van der Waals surface area contributed by atoms with E-state index in [1.54, 1.807) is 14.2 Å². The molecule has 1 fully saturated rings. The van der Waals surface area contributed by atoms with Crippen molar-refractivity contribution in [3.8, 4) is 0 Å². The number of allylic oxidation sites excluding steroid dienone is 3. The van der Waals surface area contributed by atoms with Crippen LogP contribution >= 0.6 is 0 Å². The van der Waals surface area contributed by atoms with Crippen molar-refractivity contribution in [2.45, 2.75) is 19.8 Å². The number of methoxy groups -OCH3 is 2. The lowest BCUT2D eigenvalue weighted by Crippen LogP contribution is -2.46. The highest BCUT2D eigenvalue weighted by Crippen LogP contribution is 2.57. The van der Waals surface area contributed by atoms with Crippen LogP contribution in [0.3, 0.4) is 0 Å². The van der Waals surface area contributed by atoms with Crippen LogP contribution in [0.2, 0.25) is 0 Å². The molecule has 0 spiro atoms. The summed E-state index contributed by atoms with van der Waals surface area (Å²) in [5.74, 6) is 2.60. The highest BCUT2D eigenvalue weighted by Gasteiger charge is 2.49. The molecule has 1 saturated carbocycles. The van der Waals surface area contributed by atoms with E-state index in [2.05, 4.69) is 18.3 Å². The van der Waals surface area contributed by atoms with E-state index < -0.39 is 0 Å². The van der Waals surface area contributed by atoms with Gasteiger partial charge in [-0.15, -0.1) is 0 Å². The highest BCUT2D eigenvalue weighted by molar-refractivity contribution is 5.39. The van der Waals surface area contributed by atoms with Crippen LogP contribution in [0.15, 0.2) is 23.2 Å². The Morgan fingerprint density at radius 1 is 1.44 bits per heavy atom. The van der Waals surface area contributed by atoms with Crippen LogP contribution in [-0.4, -0.2) is 27.8 Å². The third-order valence-electron chi connectivity index (χ3n) is 4.13. The maximum atomic E-state index is 5.43. The van der Waals surface area contributed by atoms with Crippen LogP contribution in [0.25, 0.3) is 0 Å². The lowest BCUT2D eigenvalue weighted by Gasteiger charge is -2.52. The summed E-state index contributed by atoms with van der Waals surface area (Å²) in [5, 5.41) is 3.27. The Morgan fingerprint density at radius 2 is 2.19 bits per heavy atom. The molecule has 0 aromatic carbocycles. The minimum absolute atomic E-state index is 0.274. The van der Waals surface area contributed by atoms with Crippen molar-refractivity contribution in [2.75, 3.05) is 27.8 Å². The van der Waals surface area contributed by atoms with E-state index in [4.69, 9.17) is 9.47 Å². The molecule has 0 aromatic rings. The molecule has 90 valence electrons. The van der Waals surface area contributed by atoms with Crippen LogP contribution in [0.1, 0.15) is 19.8 Å². The predicted octanol–water partition coefficient (Wildman–Crippen LogP) is 2.07. The lowest BCUT2D eigenvalue weighted by atomic mass is 9.54. The monoisotopic (exact) mass is 223 g/mol. The predicted molar refractivity (Wildman–Crippen MR) is 63.9 cm³/mol. The number of nitrogens with one attached hydrogen (secondary N) is 1. The molecule has 2 rings (SSSR count). The van der Waals surface area contributed by atoms with Crippen LogP contribution < -0.4 is 5.32 Å². The molecular formula is C13H21NO2. The maximum Gasteiger partial charge on any atom is 0.156 e. The van der Waals surface area contributed by atoms with Crippen LogP contribution in [0.4, 0.5) is 0 Å². The SMILES string of the molecule is CNC[C@H]1CC2=CC(OC)=C(OC)CC21C. The van der Waals surface area contributed by atoms with Gasteiger partial charge < -0.3 is 14.8 Å². The fraction of sp³-hybridized carbons (Fsp3) is 0.692. The number of rotatable bonds is 4. The quantitative estimate of drug-likeness (QED) is 0.791. The average molecular weight is 223 g/mol. The van der Waals surface area contributed by atoms with Gasteiger partial charge in [-0.2, -0.15) is 0 Å². The van der Waals surface area contributed by atoms with Crippen molar-refractivity contribution in [1.82, 2.24) is 5.32 Å². The molecule has 2 aliphatic carbocycles. The van der Waals surface area contributed by atoms with E-state index in [0.717, 1.165) is 24.5 Å². The smallest absolute Gasteiger partial charge is 0.156 e. The van der Waals surface area contributed by atoms with Crippen molar-refractivity contribution >= 4 is 0 Å². The summed E-state index contributed by atoms with van der Waals surface area (Å²) in [5.41, 5.74) is 1.78. The summed E-state index contributed by atoms with van der Waals surface area (Å²) in [6.07, 6.45) is 4.31. The molecule has 2 aliphatic rings. The Hall–Kier alpha value is -0.960. The molecule has 0 bridgehead atoms. The number of hydrogen-bond donors (Lipinski definition) is 1. The Morgan fingerprint density at radius 3 is 2.75 bits per heavy atom. The minimum Gasteiger partial charge on any atom is -0.497 e. The van der Waals surface area contributed by atoms with Gasteiger partial charge in [-0.1, -0.05) is 12.5 Å². The first kappa shape index (κ1) is 11.5. The highest BCUT2D eigenvalue weighted by atomic mass is 16.5. The van der Waals surface area contributed by atoms with Gasteiger partial charge in [-0.25, -0.2) is 0 Å². The molecule has 0 radical (unpaired) electrons. The molecule has 16 heavy (non-hydrogen) atoms. The standard InChI is InChI=1S/C13H21NO2/c1-13-7-12(16-4)11(15-3)6-9(13)5-10(13)8-14-2/h6,10,14H,5,7-8H2,1-4H3/t10-,13?/m1/s1. The second-order valence-electron chi connectivity index (χ2n) is 4.92. The van der Waals surface area contributed by atoms with E-state index in [1.807, 2.05) is 7.05 Å². The van der Waals surface area contributed by atoms with E-state index in [0.29, 0.717) is 5.92 Å². The summed E-state index contributed by atoms with van der Waals surface area (Å²) in [6.45, 7) is 3.41. The molecule has 1 N–H and O–H groups in total. The topological polar surface area (TPSA) is 30.5 Å². The third kappa shape index (κ3) is 1.54. The maximum absolute atomic E-state index is 5.43. The Balaban J connectivity index is 2.20. The summed E-state index contributed by atoms with van der Waals surface area (Å²) in [6, 6.07) is 0. The van der Waals surface area contributed by atoms with Gasteiger partial charge in [0.2, 0.25) is 0 Å². The minimum atomic E-state index is 0.274. The number of hydrogen-bond acceptors (Lipinski definition) is 3. The van der Waals surface area contributed by atoms with Gasteiger partial charge in [0.25, 0.3) is 0 Å². The largest absolute Gasteiger partial charge is 0.497 e. The molecule has 2 atom stereocenters. The Bertz CT molecular complexity index is 346. The Labute approximate surface area is 97.5 Å². The first-order valence-electron chi connectivity index (χ1n) is 5.82. The van der Waals surface area contributed by atoms with Crippen LogP contribution in [0.5, 0.6) is 0 Å². The first-order chi connectivity index (χ1) is 7.65. The zero-order valence-corrected chi connectivity index (χ0v) is 10.6. The third-order valence-corrected chi connectivity index (χ3v) is 4.13.